The van der Waals surface area contributed by atoms with Crippen LogP contribution in [0.25, 0.3) is 0 Å². The fraction of sp³-hybridized carbons (Fsp3) is 0.900. The van der Waals surface area contributed by atoms with Gasteiger partial charge in [-0.25, -0.2) is 0 Å². The van der Waals surface area contributed by atoms with Crippen molar-refractivity contribution < 1.29 is 13.8 Å². The van der Waals surface area contributed by atoms with Gasteiger partial charge in [0.15, 0.2) is 0 Å². The van der Waals surface area contributed by atoms with E-state index in [0.717, 1.165) is 77.5 Å². The van der Waals surface area contributed by atoms with E-state index in [1.54, 1.807) is 0 Å². The summed E-state index contributed by atoms with van der Waals surface area (Å²) in [5.41, 5.74) is 0. The molecule has 0 aliphatic heterocycles. The van der Waals surface area contributed by atoms with Gasteiger partial charge in [-0.3, -0.25) is 13.8 Å². The Morgan fingerprint density at radius 2 is 0.885 bits per heavy atom. The van der Waals surface area contributed by atoms with Crippen molar-refractivity contribution in [1.29, 1.82) is 0 Å². The molecule has 0 rings (SSSR count). The molecule has 0 aromatic heterocycles. The smallest absolute Gasteiger partial charge is 0.235 e. The van der Waals surface area contributed by atoms with Crippen molar-refractivity contribution >= 4 is 22.6 Å². The second-order valence-corrected chi connectivity index (χ2v) is 8.36. The lowest BCUT2D eigenvalue weighted by Crippen LogP contribution is -2.39. The first-order valence-electron chi connectivity index (χ1n) is 10.4. The third kappa shape index (κ3) is 11.7. The van der Waals surface area contributed by atoms with Crippen LogP contribution in [-0.4, -0.2) is 63.5 Å². The van der Waals surface area contributed by atoms with E-state index in [4.69, 9.17) is 0 Å². The first-order chi connectivity index (χ1) is 12.5. The number of carbonyl (C=O) groups is 2. The van der Waals surface area contributed by atoms with Gasteiger partial charge in [0.25, 0.3) is 0 Å². The topological polar surface area (TPSA) is 57.7 Å². The van der Waals surface area contributed by atoms with Crippen LogP contribution in [0.2, 0.25) is 0 Å². The van der Waals surface area contributed by atoms with Crippen molar-refractivity contribution in [2.24, 2.45) is 0 Å². The Balaban J connectivity index is 4.59. The molecule has 0 aliphatic carbocycles. The van der Waals surface area contributed by atoms with Crippen molar-refractivity contribution in [2.45, 2.75) is 79.1 Å². The van der Waals surface area contributed by atoms with Crippen LogP contribution in [-0.2, 0) is 20.4 Å². The van der Waals surface area contributed by atoms with Gasteiger partial charge in [0.1, 0.15) is 11.5 Å². The first-order valence-corrected chi connectivity index (χ1v) is 11.9. The van der Waals surface area contributed by atoms with Crippen molar-refractivity contribution in [2.75, 3.05) is 37.7 Å². The Kier molecular flexibility index (Phi) is 15.7. The molecule has 0 saturated heterocycles. The molecular formula is C20H40N2O3S. The highest BCUT2D eigenvalue weighted by molar-refractivity contribution is 7.86. The summed E-state index contributed by atoms with van der Waals surface area (Å²) in [5, 5.41) is 0. The minimum absolute atomic E-state index is 0.0332. The van der Waals surface area contributed by atoms with Gasteiger partial charge in [-0.2, -0.15) is 0 Å². The van der Waals surface area contributed by atoms with E-state index in [1.165, 1.54) is 0 Å². The molecule has 2 amide bonds. The van der Waals surface area contributed by atoms with Crippen LogP contribution in [0.3, 0.4) is 0 Å². The largest absolute Gasteiger partial charge is 0.342 e. The van der Waals surface area contributed by atoms with Crippen LogP contribution < -0.4 is 0 Å². The van der Waals surface area contributed by atoms with Crippen molar-refractivity contribution in [1.82, 2.24) is 9.80 Å². The Morgan fingerprint density at radius 3 is 1.12 bits per heavy atom. The van der Waals surface area contributed by atoms with Gasteiger partial charge in [-0.15, -0.1) is 0 Å². The molecule has 0 aromatic carbocycles. The number of unbranched alkanes of at least 4 members (excludes halogenated alkanes) is 4. The van der Waals surface area contributed by atoms with Crippen molar-refractivity contribution in [3.05, 3.63) is 0 Å². The molecule has 0 aliphatic rings. The average Bonchev–Trinajstić information content (AvgIpc) is 2.61. The zero-order chi connectivity index (χ0) is 19.8. The van der Waals surface area contributed by atoms with Gasteiger partial charge in [-0.05, 0) is 25.7 Å². The van der Waals surface area contributed by atoms with E-state index >= 15 is 0 Å². The predicted octanol–water partition coefficient (Wildman–Crippen LogP) is 3.59. The highest BCUT2D eigenvalue weighted by Gasteiger charge is 2.20. The molecule has 0 radical (unpaired) electrons. The third-order valence-electron chi connectivity index (χ3n) is 4.40. The zero-order valence-electron chi connectivity index (χ0n) is 17.4. The van der Waals surface area contributed by atoms with Crippen molar-refractivity contribution in [3.63, 3.8) is 0 Å². The summed E-state index contributed by atoms with van der Waals surface area (Å²) in [6.07, 6.45) is 7.96. The molecule has 0 saturated carbocycles. The molecule has 0 spiro atoms. The summed E-state index contributed by atoms with van der Waals surface area (Å²) in [6, 6.07) is 0. The molecule has 0 aromatic rings. The SMILES string of the molecule is CCCCN(CCCC)C(=O)CS(=O)CC(=O)N(CCCC)CCCC. The second kappa shape index (κ2) is 16.3. The Morgan fingerprint density at radius 1 is 0.615 bits per heavy atom. The summed E-state index contributed by atoms with van der Waals surface area (Å²) in [7, 11) is -1.43. The first kappa shape index (κ1) is 25.1. The standard InChI is InChI=1S/C20H40N2O3S/c1-5-9-13-21(14-10-6-2)19(23)17-26(25)18-20(24)22(15-11-7-3)16-12-8-4/h5-18H2,1-4H3. The minimum Gasteiger partial charge on any atom is -0.342 e. The number of hydrogen-bond donors (Lipinski definition) is 0. The Bertz CT molecular complexity index is 364. The highest BCUT2D eigenvalue weighted by Crippen LogP contribution is 2.04. The number of nitrogens with zero attached hydrogens (tertiary/aromatic N) is 2. The molecule has 0 bridgehead atoms. The Labute approximate surface area is 163 Å². The number of amides is 2. The van der Waals surface area contributed by atoms with Gasteiger partial charge >= 0.3 is 0 Å². The Hall–Kier alpha value is -0.910. The van der Waals surface area contributed by atoms with Crippen LogP contribution in [0.5, 0.6) is 0 Å². The van der Waals surface area contributed by atoms with E-state index in [9.17, 15) is 13.8 Å². The summed E-state index contributed by atoms with van der Waals surface area (Å²) >= 11 is 0. The monoisotopic (exact) mass is 388 g/mol. The van der Waals surface area contributed by atoms with E-state index in [1.807, 2.05) is 9.80 Å². The molecule has 5 nitrogen and oxygen atoms in total. The number of carbonyl (C=O) groups excluding carboxylic acids is 2. The van der Waals surface area contributed by atoms with Crippen LogP contribution >= 0.6 is 0 Å². The predicted molar refractivity (Wildman–Crippen MR) is 111 cm³/mol. The van der Waals surface area contributed by atoms with E-state index in [0.29, 0.717) is 0 Å². The molecule has 0 atom stereocenters. The number of hydrogen-bond acceptors (Lipinski definition) is 3. The van der Waals surface area contributed by atoms with Crippen LogP contribution in [0.1, 0.15) is 79.1 Å². The van der Waals surface area contributed by atoms with Gasteiger partial charge in [-0.1, -0.05) is 53.4 Å². The molecule has 6 heteroatoms. The van der Waals surface area contributed by atoms with Crippen LogP contribution in [0.4, 0.5) is 0 Å². The third-order valence-corrected chi connectivity index (χ3v) is 5.54. The summed E-state index contributed by atoms with van der Waals surface area (Å²) in [4.78, 5) is 28.6. The van der Waals surface area contributed by atoms with Crippen molar-refractivity contribution in [3.8, 4) is 0 Å². The lowest BCUT2D eigenvalue weighted by Gasteiger charge is -2.24. The second-order valence-electron chi connectivity index (χ2n) is 6.90. The van der Waals surface area contributed by atoms with Gasteiger partial charge < -0.3 is 9.80 Å². The molecule has 154 valence electrons. The molecule has 0 fully saturated rings. The van der Waals surface area contributed by atoms with E-state index in [2.05, 4.69) is 27.7 Å². The van der Waals surface area contributed by atoms with Gasteiger partial charge in [0, 0.05) is 37.0 Å². The van der Waals surface area contributed by atoms with Gasteiger partial charge in [0.05, 0.1) is 0 Å². The normalized spacial score (nSPS) is 11.0. The molecule has 0 heterocycles. The molecule has 0 N–H and O–H groups in total. The number of rotatable bonds is 16. The summed E-state index contributed by atoms with van der Waals surface area (Å²) < 4.78 is 12.4. The quantitative estimate of drug-likeness (QED) is 0.406. The zero-order valence-corrected chi connectivity index (χ0v) is 18.2. The maximum Gasteiger partial charge on any atom is 0.235 e. The molecule has 0 unspecified atom stereocenters. The highest BCUT2D eigenvalue weighted by atomic mass is 32.2. The lowest BCUT2D eigenvalue weighted by molar-refractivity contribution is -0.128. The fourth-order valence-electron chi connectivity index (χ4n) is 2.63. The van der Waals surface area contributed by atoms with E-state index < -0.39 is 10.8 Å². The maximum absolute atomic E-state index is 12.5. The van der Waals surface area contributed by atoms with Gasteiger partial charge in [0.2, 0.25) is 11.8 Å². The summed E-state index contributed by atoms with van der Waals surface area (Å²) in [5.74, 6) is -0.221. The van der Waals surface area contributed by atoms with Crippen LogP contribution in [0.15, 0.2) is 0 Å². The minimum atomic E-state index is -1.43. The molecular weight excluding hydrogens is 348 g/mol. The average molecular weight is 389 g/mol. The van der Waals surface area contributed by atoms with Crippen LogP contribution in [0, 0.1) is 0 Å². The summed E-state index contributed by atoms with van der Waals surface area (Å²) in [6.45, 7) is 11.3. The fourth-order valence-corrected chi connectivity index (χ4v) is 3.65. The lowest BCUT2D eigenvalue weighted by atomic mass is 10.2. The van der Waals surface area contributed by atoms with E-state index in [-0.39, 0.29) is 23.3 Å². The maximum atomic E-state index is 12.5. The molecule has 26 heavy (non-hydrogen) atoms.